The van der Waals surface area contributed by atoms with Crippen molar-refractivity contribution in [3.63, 3.8) is 0 Å². The SMILES string of the molecule is CCCCCCCCc1c(N(CC)CC)ccc(P)c1C(F)(F)F. The molecule has 0 aliphatic carbocycles. The van der Waals surface area contributed by atoms with Crippen LogP contribution in [0.2, 0.25) is 0 Å². The van der Waals surface area contributed by atoms with Gasteiger partial charge in [0.2, 0.25) is 0 Å². The number of nitrogens with zero attached hydrogens (tertiary/aromatic N) is 1. The van der Waals surface area contributed by atoms with Gasteiger partial charge in [-0.2, -0.15) is 13.2 Å². The molecular formula is C19H31F3NP. The molecule has 0 radical (unpaired) electrons. The molecule has 24 heavy (non-hydrogen) atoms. The summed E-state index contributed by atoms with van der Waals surface area (Å²) in [5.41, 5.74) is 0.756. The van der Waals surface area contributed by atoms with Crippen molar-refractivity contribution in [3.8, 4) is 0 Å². The van der Waals surface area contributed by atoms with Crippen LogP contribution < -0.4 is 10.2 Å². The molecule has 0 spiro atoms. The third-order valence-corrected chi connectivity index (χ3v) is 4.97. The Labute approximate surface area is 147 Å². The fraction of sp³-hybridized carbons (Fsp3) is 0.684. The van der Waals surface area contributed by atoms with Gasteiger partial charge in [0, 0.05) is 18.8 Å². The third-order valence-electron chi connectivity index (χ3n) is 4.49. The maximum absolute atomic E-state index is 13.6. The highest BCUT2D eigenvalue weighted by molar-refractivity contribution is 7.27. The van der Waals surface area contributed by atoms with Crippen molar-refractivity contribution in [2.24, 2.45) is 0 Å². The van der Waals surface area contributed by atoms with Gasteiger partial charge in [0.05, 0.1) is 5.56 Å². The molecule has 0 aromatic heterocycles. The molecule has 0 heterocycles. The predicted molar refractivity (Wildman–Crippen MR) is 101 cm³/mol. The second-order valence-corrected chi connectivity index (χ2v) is 6.84. The summed E-state index contributed by atoms with van der Waals surface area (Å²) in [6, 6.07) is 3.42. The number of alkyl halides is 3. The van der Waals surface area contributed by atoms with Crippen molar-refractivity contribution in [2.75, 3.05) is 18.0 Å². The highest BCUT2D eigenvalue weighted by Crippen LogP contribution is 2.37. The summed E-state index contributed by atoms with van der Waals surface area (Å²) in [7, 11) is 2.26. The monoisotopic (exact) mass is 361 g/mol. The Hall–Kier alpha value is -0.760. The molecule has 0 amide bonds. The lowest BCUT2D eigenvalue weighted by atomic mass is 9.97. The number of halogens is 3. The normalized spacial score (nSPS) is 11.8. The zero-order chi connectivity index (χ0) is 18.2. The minimum atomic E-state index is -4.31. The van der Waals surface area contributed by atoms with Crippen LogP contribution in [0.1, 0.15) is 70.4 Å². The average Bonchev–Trinajstić information content (AvgIpc) is 2.52. The smallest absolute Gasteiger partial charge is 0.372 e. The van der Waals surface area contributed by atoms with Crippen LogP contribution in [0.15, 0.2) is 12.1 Å². The van der Waals surface area contributed by atoms with Gasteiger partial charge >= 0.3 is 6.18 Å². The number of rotatable bonds is 10. The molecule has 1 nitrogen and oxygen atoms in total. The van der Waals surface area contributed by atoms with Crippen LogP contribution in [0, 0.1) is 0 Å². The molecule has 0 aliphatic heterocycles. The quantitative estimate of drug-likeness (QED) is 0.367. The van der Waals surface area contributed by atoms with E-state index >= 15 is 0 Å². The molecule has 0 saturated carbocycles. The highest BCUT2D eigenvalue weighted by atomic mass is 31.0. The van der Waals surface area contributed by atoms with Gasteiger partial charge in [-0.1, -0.05) is 45.1 Å². The van der Waals surface area contributed by atoms with E-state index in [1.165, 1.54) is 19.3 Å². The maximum Gasteiger partial charge on any atom is 0.417 e. The zero-order valence-corrected chi connectivity index (χ0v) is 16.3. The molecule has 0 saturated heterocycles. The molecular weight excluding hydrogens is 330 g/mol. The molecule has 0 bridgehead atoms. The number of anilines is 1. The van der Waals surface area contributed by atoms with Crippen LogP contribution in [-0.4, -0.2) is 13.1 Å². The number of hydrogen-bond acceptors (Lipinski definition) is 1. The lowest BCUT2D eigenvalue weighted by Crippen LogP contribution is -2.27. The molecule has 0 fully saturated rings. The topological polar surface area (TPSA) is 3.24 Å². The standard InChI is InChI=1S/C19H31F3NP/c1-4-7-8-9-10-11-12-15-16(23(5-2)6-3)13-14-17(24)18(15)19(20,21)22/h13-14H,4-12,24H2,1-3H3. The Morgan fingerprint density at radius 1 is 0.917 bits per heavy atom. The van der Waals surface area contributed by atoms with Gasteiger partial charge in [-0.3, -0.25) is 0 Å². The van der Waals surface area contributed by atoms with E-state index in [0.29, 0.717) is 25.1 Å². The van der Waals surface area contributed by atoms with Gasteiger partial charge in [0.15, 0.2) is 0 Å². The van der Waals surface area contributed by atoms with E-state index in [9.17, 15) is 13.2 Å². The first kappa shape index (κ1) is 21.3. The Balaban J connectivity index is 3.04. The molecule has 5 heteroatoms. The molecule has 0 aliphatic rings. The number of hydrogen-bond donors (Lipinski definition) is 0. The van der Waals surface area contributed by atoms with Gasteiger partial charge < -0.3 is 4.90 Å². The molecule has 1 aromatic carbocycles. The minimum Gasteiger partial charge on any atom is -0.372 e. The van der Waals surface area contributed by atoms with Crippen molar-refractivity contribution in [2.45, 2.75) is 71.9 Å². The zero-order valence-electron chi connectivity index (χ0n) is 15.2. The summed E-state index contributed by atoms with van der Waals surface area (Å²) in [6.45, 7) is 7.57. The first-order chi connectivity index (χ1) is 11.4. The number of benzene rings is 1. The number of unbranched alkanes of at least 4 members (excludes halogenated alkanes) is 5. The first-order valence-electron chi connectivity index (χ1n) is 9.10. The second kappa shape index (κ2) is 10.3. The van der Waals surface area contributed by atoms with Crippen molar-refractivity contribution in [3.05, 3.63) is 23.3 Å². The van der Waals surface area contributed by atoms with E-state index in [1.807, 2.05) is 24.8 Å². The minimum absolute atomic E-state index is 0.249. The average molecular weight is 361 g/mol. The lowest BCUT2D eigenvalue weighted by Gasteiger charge is -2.27. The Morgan fingerprint density at radius 3 is 2.04 bits per heavy atom. The van der Waals surface area contributed by atoms with Crippen molar-refractivity contribution < 1.29 is 13.2 Å². The maximum atomic E-state index is 13.6. The molecule has 138 valence electrons. The van der Waals surface area contributed by atoms with E-state index < -0.39 is 11.7 Å². The van der Waals surface area contributed by atoms with Gasteiger partial charge in [-0.25, -0.2) is 0 Å². The van der Waals surface area contributed by atoms with Crippen LogP contribution in [0.5, 0.6) is 0 Å². The van der Waals surface area contributed by atoms with Gasteiger partial charge in [0.25, 0.3) is 0 Å². The largest absolute Gasteiger partial charge is 0.417 e. The second-order valence-electron chi connectivity index (χ2n) is 6.22. The summed E-state index contributed by atoms with van der Waals surface area (Å²) in [5, 5.41) is 0.249. The molecule has 1 atom stereocenters. The fourth-order valence-corrected chi connectivity index (χ4v) is 3.62. The molecule has 1 unspecified atom stereocenters. The van der Waals surface area contributed by atoms with E-state index in [4.69, 9.17) is 0 Å². The van der Waals surface area contributed by atoms with E-state index in [2.05, 4.69) is 16.2 Å². The van der Waals surface area contributed by atoms with Crippen molar-refractivity contribution >= 4 is 20.2 Å². The molecule has 1 aromatic rings. The van der Waals surface area contributed by atoms with Crippen LogP contribution in [-0.2, 0) is 12.6 Å². The van der Waals surface area contributed by atoms with E-state index in [1.54, 1.807) is 6.07 Å². The van der Waals surface area contributed by atoms with E-state index in [-0.39, 0.29) is 5.30 Å². The predicted octanol–water partition coefficient (Wildman–Crippen LogP) is 5.96. The summed E-state index contributed by atoms with van der Waals surface area (Å²) >= 11 is 0. The highest BCUT2D eigenvalue weighted by Gasteiger charge is 2.36. The lowest BCUT2D eigenvalue weighted by molar-refractivity contribution is -0.137. The van der Waals surface area contributed by atoms with Crippen LogP contribution in [0.25, 0.3) is 0 Å². The Bertz CT molecular complexity index is 496. The van der Waals surface area contributed by atoms with Crippen LogP contribution >= 0.6 is 9.24 Å². The summed E-state index contributed by atoms with van der Waals surface area (Å²) in [5.74, 6) is 0. The van der Waals surface area contributed by atoms with Crippen molar-refractivity contribution in [1.29, 1.82) is 0 Å². The first-order valence-corrected chi connectivity index (χ1v) is 9.67. The van der Waals surface area contributed by atoms with Gasteiger partial charge in [-0.05, 0) is 43.6 Å². The molecule has 0 N–H and O–H groups in total. The van der Waals surface area contributed by atoms with Gasteiger partial charge in [-0.15, -0.1) is 9.24 Å². The summed E-state index contributed by atoms with van der Waals surface area (Å²) in [6.07, 6.45) is 2.67. The van der Waals surface area contributed by atoms with Gasteiger partial charge in [0.1, 0.15) is 0 Å². The third kappa shape index (κ3) is 5.95. The fourth-order valence-electron chi connectivity index (χ4n) is 3.19. The van der Waals surface area contributed by atoms with Crippen LogP contribution in [0.3, 0.4) is 0 Å². The van der Waals surface area contributed by atoms with E-state index in [0.717, 1.165) is 24.9 Å². The summed E-state index contributed by atoms with van der Waals surface area (Å²) in [4.78, 5) is 2.02. The summed E-state index contributed by atoms with van der Waals surface area (Å²) < 4.78 is 40.8. The Kier molecular flexibility index (Phi) is 9.12. The van der Waals surface area contributed by atoms with Crippen LogP contribution in [0.4, 0.5) is 18.9 Å². The Morgan fingerprint density at radius 2 is 1.50 bits per heavy atom. The van der Waals surface area contributed by atoms with Crippen molar-refractivity contribution in [1.82, 2.24) is 0 Å². The molecule has 1 rings (SSSR count).